The van der Waals surface area contributed by atoms with Crippen LogP contribution in [0.3, 0.4) is 0 Å². The van der Waals surface area contributed by atoms with Crippen LogP contribution in [0.25, 0.3) is 0 Å². The van der Waals surface area contributed by atoms with Gasteiger partial charge in [-0.2, -0.15) is 0 Å². The SMILES string of the molecule is CCCC/C=C\CCCCCCCC(=O)OCC(COC(=O)CCCCCCCCCCCCCCCC/C=C\C/C=C\C/C=C\CCCCCCC)OC(=O)CCCCCCCCCCCCCCC. The van der Waals surface area contributed by atoms with Crippen molar-refractivity contribution in [3.63, 3.8) is 0 Å². The fraction of sp³-hybridized carbons (Fsp3) is 0.831. The van der Waals surface area contributed by atoms with Crippen molar-refractivity contribution < 1.29 is 28.6 Å². The van der Waals surface area contributed by atoms with Gasteiger partial charge in [-0.1, -0.05) is 281 Å². The Bertz CT molecular complexity index is 1230. The number of esters is 3. The summed E-state index contributed by atoms with van der Waals surface area (Å²) < 4.78 is 16.9. The van der Waals surface area contributed by atoms with Gasteiger partial charge in [-0.25, -0.2) is 0 Å². The van der Waals surface area contributed by atoms with Crippen LogP contribution in [-0.4, -0.2) is 37.2 Å². The minimum Gasteiger partial charge on any atom is -0.462 e. The molecule has 0 amide bonds. The molecular weight excluding hydrogens is 877 g/mol. The number of allylic oxidation sites excluding steroid dienone is 8. The van der Waals surface area contributed by atoms with Crippen molar-refractivity contribution in [1.29, 1.82) is 0 Å². The van der Waals surface area contributed by atoms with E-state index < -0.39 is 6.10 Å². The quantitative estimate of drug-likeness (QED) is 0.0261. The summed E-state index contributed by atoms with van der Waals surface area (Å²) in [7, 11) is 0. The first-order valence-electron chi connectivity index (χ1n) is 31.1. The number of ether oxygens (including phenoxy) is 3. The monoisotopic (exact) mass is 995 g/mol. The van der Waals surface area contributed by atoms with E-state index in [2.05, 4.69) is 69.4 Å². The number of hydrogen-bond donors (Lipinski definition) is 0. The Morgan fingerprint density at radius 2 is 0.521 bits per heavy atom. The van der Waals surface area contributed by atoms with E-state index in [-0.39, 0.29) is 31.1 Å². The molecule has 0 aliphatic carbocycles. The van der Waals surface area contributed by atoms with Gasteiger partial charge < -0.3 is 14.2 Å². The minimum absolute atomic E-state index is 0.0722. The zero-order valence-corrected chi connectivity index (χ0v) is 47.5. The van der Waals surface area contributed by atoms with Gasteiger partial charge in [0, 0.05) is 19.3 Å². The minimum atomic E-state index is -0.772. The molecule has 0 N–H and O–H groups in total. The summed E-state index contributed by atoms with van der Waals surface area (Å²) in [6.45, 7) is 6.62. The molecule has 71 heavy (non-hydrogen) atoms. The van der Waals surface area contributed by atoms with E-state index in [1.54, 1.807) is 0 Å². The second-order valence-corrected chi connectivity index (χ2v) is 21.0. The summed E-state index contributed by atoms with van der Waals surface area (Å²) in [5, 5.41) is 0. The summed E-state index contributed by atoms with van der Waals surface area (Å²) in [4.78, 5) is 38.1. The molecule has 0 aromatic heterocycles. The lowest BCUT2D eigenvalue weighted by Gasteiger charge is -2.18. The van der Waals surface area contributed by atoms with E-state index in [4.69, 9.17) is 14.2 Å². The van der Waals surface area contributed by atoms with Gasteiger partial charge in [0.1, 0.15) is 13.2 Å². The molecule has 0 aliphatic rings. The largest absolute Gasteiger partial charge is 0.462 e. The average molecular weight is 996 g/mol. The van der Waals surface area contributed by atoms with Crippen LogP contribution < -0.4 is 0 Å². The topological polar surface area (TPSA) is 78.9 Å². The van der Waals surface area contributed by atoms with Crippen LogP contribution in [0.2, 0.25) is 0 Å². The second kappa shape index (κ2) is 59.9. The van der Waals surface area contributed by atoms with Crippen LogP contribution in [0, 0.1) is 0 Å². The Morgan fingerprint density at radius 3 is 0.845 bits per heavy atom. The maximum Gasteiger partial charge on any atom is 0.306 e. The lowest BCUT2D eigenvalue weighted by atomic mass is 10.0. The van der Waals surface area contributed by atoms with E-state index in [1.165, 1.54) is 212 Å². The van der Waals surface area contributed by atoms with Crippen LogP contribution in [0.15, 0.2) is 48.6 Å². The maximum atomic E-state index is 12.8. The molecule has 1 atom stereocenters. The van der Waals surface area contributed by atoms with Gasteiger partial charge in [-0.3, -0.25) is 14.4 Å². The number of carbonyl (C=O) groups excluding carboxylic acids is 3. The highest BCUT2D eigenvalue weighted by Crippen LogP contribution is 2.17. The predicted octanol–water partition coefficient (Wildman–Crippen LogP) is 21.0. The van der Waals surface area contributed by atoms with Crippen LogP contribution in [0.1, 0.15) is 329 Å². The standard InChI is InChI=1S/C65H118O6/c1-4-7-10-13-16-19-22-24-25-26-27-28-29-30-31-32-33-34-35-36-37-38-39-41-43-46-49-52-55-58-64(67)70-61-62(60-69-63(66)57-54-51-48-45-42-21-18-15-12-9-6-3)71-65(68)59-56-53-50-47-44-40-23-20-17-14-11-8-5-2/h15,18,22,24,26-27,29-30,62H,4-14,16-17,19-21,23,25,28,31-61H2,1-3H3/b18-15-,24-22-,27-26-,30-29-. The molecule has 6 heteroatoms. The molecule has 0 saturated carbocycles. The highest BCUT2D eigenvalue weighted by atomic mass is 16.6. The smallest absolute Gasteiger partial charge is 0.306 e. The van der Waals surface area contributed by atoms with Crippen molar-refractivity contribution in [2.75, 3.05) is 13.2 Å². The van der Waals surface area contributed by atoms with Gasteiger partial charge in [0.15, 0.2) is 6.10 Å². The van der Waals surface area contributed by atoms with Gasteiger partial charge >= 0.3 is 17.9 Å². The Morgan fingerprint density at radius 1 is 0.282 bits per heavy atom. The summed E-state index contributed by atoms with van der Waals surface area (Å²) in [5.41, 5.74) is 0. The Balaban J connectivity index is 4.13. The first-order valence-corrected chi connectivity index (χ1v) is 31.1. The molecule has 0 aromatic carbocycles. The van der Waals surface area contributed by atoms with Gasteiger partial charge in [-0.15, -0.1) is 0 Å². The van der Waals surface area contributed by atoms with Crippen molar-refractivity contribution in [3.05, 3.63) is 48.6 Å². The number of carbonyl (C=O) groups is 3. The highest BCUT2D eigenvalue weighted by molar-refractivity contribution is 5.71. The molecule has 0 aliphatic heterocycles. The second-order valence-electron chi connectivity index (χ2n) is 21.0. The average Bonchev–Trinajstić information content (AvgIpc) is 3.37. The van der Waals surface area contributed by atoms with E-state index >= 15 is 0 Å². The third-order valence-corrected chi connectivity index (χ3v) is 13.8. The summed E-state index contributed by atoms with van der Waals surface area (Å²) in [5.74, 6) is -0.867. The molecule has 0 fully saturated rings. The van der Waals surface area contributed by atoms with E-state index in [0.717, 1.165) is 77.0 Å². The molecule has 0 saturated heterocycles. The number of rotatable bonds is 57. The highest BCUT2D eigenvalue weighted by Gasteiger charge is 2.19. The van der Waals surface area contributed by atoms with E-state index in [1.807, 2.05) is 0 Å². The molecule has 1 unspecified atom stereocenters. The van der Waals surface area contributed by atoms with Gasteiger partial charge in [0.05, 0.1) is 0 Å². The molecule has 0 radical (unpaired) electrons. The zero-order chi connectivity index (χ0) is 51.4. The Labute approximate surface area is 441 Å². The molecule has 0 heterocycles. The van der Waals surface area contributed by atoms with Gasteiger partial charge in [-0.05, 0) is 77.0 Å². The van der Waals surface area contributed by atoms with E-state index in [0.29, 0.717) is 19.3 Å². The van der Waals surface area contributed by atoms with Crippen molar-refractivity contribution in [2.45, 2.75) is 335 Å². The maximum absolute atomic E-state index is 12.8. The summed E-state index contributed by atoms with van der Waals surface area (Å²) in [6.07, 6.45) is 74.1. The first kappa shape index (κ1) is 68.4. The lowest BCUT2D eigenvalue weighted by molar-refractivity contribution is -0.167. The fourth-order valence-electron chi connectivity index (χ4n) is 9.08. The summed E-state index contributed by atoms with van der Waals surface area (Å²) >= 11 is 0. The third kappa shape index (κ3) is 58.1. The molecule has 6 nitrogen and oxygen atoms in total. The van der Waals surface area contributed by atoms with Crippen LogP contribution in [0.5, 0.6) is 0 Å². The normalized spacial score (nSPS) is 12.3. The molecule has 414 valence electrons. The van der Waals surface area contributed by atoms with Crippen molar-refractivity contribution in [1.82, 2.24) is 0 Å². The molecule has 0 bridgehead atoms. The molecule has 0 aromatic rings. The Hall–Kier alpha value is -2.63. The number of hydrogen-bond acceptors (Lipinski definition) is 6. The molecule has 0 rings (SSSR count). The van der Waals surface area contributed by atoms with Crippen molar-refractivity contribution >= 4 is 17.9 Å². The summed E-state index contributed by atoms with van der Waals surface area (Å²) in [6, 6.07) is 0. The van der Waals surface area contributed by atoms with Gasteiger partial charge in [0.2, 0.25) is 0 Å². The van der Waals surface area contributed by atoms with Crippen LogP contribution >= 0.6 is 0 Å². The first-order chi connectivity index (χ1) is 35.0. The van der Waals surface area contributed by atoms with E-state index in [9.17, 15) is 14.4 Å². The predicted molar refractivity (Wildman–Crippen MR) is 307 cm³/mol. The molecular formula is C65H118O6. The molecule has 0 spiro atoms. The number of unbranched alkanes of at least 4 members (excludes halogenated alkanes) is 38. The van der Waals surface area contributed by atoms with Crippen molar-refractivity contribution in [3.8, 4) is 0 Å². The lowest BCUT2D eigenvalue weighted by Crippen LogP contribution is -2.30. The van der Waals surface area contributed by atoms with Crippen LogP contribution in [0.4, 0.5) is 0 Å². The van der Waals surface area contributed by atoms with Crippen LogP contribution in [-0.2, 0) is 28.6 Å². The van der Waals surface area contributed by atoms with Crippen molar-refractivity contribution in [2.24, 2.45) is 0 Å². The zero-order valence-electron chi connectivity index (χ0n) is 47.5. The Kier molecular flexibility index (Phi) is 57.7. The fourth-order valence-corrected chi connectivity index (χ4v) is 9.08. The van der Waals surface area contributed by atoms with Gasteiger partial charge in [0.25, 0.3) is 0 Å². The third-order valence-electron chi connectivity index (χ3n) is 13.8.